The number of para-hydroxylation sites is 3. The molecule has 0 saturated carbocycles. The van der Waals surface area contributed by atoms with Gasteiger partial charge < -0.3 is 4.57 Å². The zero-order valence-electron chi connectivity index (χ0n) is 40.9. The van der Waals surface area contributed by atoms with Crippen LogP contribution in [0.2, 0.25) is 0 Å². The van der Waals surface area contributed by atoms with Gasteiger partial charge in [-0.15, -0.1) is 0 Å². The van der Waals surface area contributed by atoms with Crippen molar-refractivity contribution < 1.29 is 0 Å². The van der Waals surface area contributed by atoms with E-state index in [0.29, 0.717) is 17.6 Å². The Bertz CT molecular complexity index is 4170. The lowest BCUT2D eigenvalue weighted by atomic mass is 9.96. The highest BCUT2D eigenvalue weighted by molar-refractivity contribution is 7.19. The van der Waals surface area contributed by atoms with Gasteiger partial charge in [0.1, 0.15) is 0 Å². The molecule has 0 N–H and O–H groups in total. The minimum Gasteiger partial charge on any atom is -0.309 e. The van der Waals surface area contributed by atoms with Gasteiger partial charge in [-0.3, -0.25) is 4.57 Å². The lowest BCUT2D eigenvalue weighted by Crippen LogP contribution is -2.74. The molecule has 3 heterocycles. The van der Waals surface area contributed by atoms with Crippen molar-refractivity contribution in [3.63, 3.8) is 0 Å². The summed E-state index contributed by atoms with van der Waals surface area (Å²) < 4.78 is 4.61. The molecule has 0 bridgehead atoms. The van der Waals surface area contributed by atoms with Crippen LogP contribution in [-0.4, -0.2) is 32.2 Å². The van der Waals surface area contributed by atoms with Gasteiger partial charge in [0.05, 0.1) is 22.1 Å². The summed E-state index contributed by atoms with van der Waals surface area (Å²) in [6.45, 7) is 0. The number of rotatable bonds is 10. The number of hydrogen-bond acceptors (Lipinski definition) is 3. The molecule has 6 heteroatoms. The third kappa shape index (κ3) is 7.49. The second kappa shape index (κ2) is 18.4. The van der Waals surface area contributed by atoms with Gasteiger partial charge in [0.15, 0.2) is 19.7 Å². The Kier molecular flexibility index (Phi) is 10.8. The Balaban J connectivity index is 1.000. The molecule has 11 aromatic carbocycles. The van der Waals surface area contributed by atoms with E-state index in [1.54, 1.807) is 0 Å². The van der Waals surface area contributed by atoms with Gasteiger partial charge in [-0.25, -0.2) is 4.98 Å². The molecule has 0 saturated heterocycles. The van der Waals surface area contributed by atoms with Gasteiger partial charge in [0.2, 0.25) is 5.95 Å². The van der Waals surface area contributed by atoms with Crippen molar-refractivity contribution in [1.29, 1.82) is 0 Å². The van der Waals surface area contributed by atoms with Gasteiger partial charge in [0.25, 0.3) is 0 Å². The first kappa shape index (κ1) is 44.0. The van der Waals surface area contributed by atoms with Crippen molar-refractivity contribution in [1.82, 2.24) is 24.1 Å². The number of benzene rings is 11. The quantitative estimate of drug-likeness (QED) is 0.101. The minimum absolute atomic E-state index is 0.544. The highest BCUT2D eigenvalue weighted by Gasteiger charge is 2.41. The highest BCUT2D eigenvalue weighted by Crippen LogP contribution is 2.38. The largest absolute Gasteiger partial charge is 0.309 e. The van der Waals surface area contributed by atoms with Crippen LogP contribution in [0.15, 0.2) is 285 Å². The number of aromatic nitrogens is 5. The maximum absolute atomic E-state index is 5.51. The zero-order chi connectivity index (χ0) is 49.7. The van der Waals surface area contributed by atoms with Crippen LogP contribution < -0.4 is 20.7 Å². The third-order valence-electron chi connectivity index (χ3n) is 14.9. The zero-order valence-corrected chi connectivity index (χ0v) is 41.9. The van der Waals surface area contributed by atoms with Gasteiger partial charge in [0, 0.05) is 38.4 Å². The molecule has 0 aliphatic rings. The smallest absolute Gasteiger partial charge is 0.238 e. The summed E-state index contributed by atoms with van der Waals surface area (Å²) in [6.07, 6.45) is 0. The number of fused-ring (bicyclic) bond motifs is 6. The molecule has 0 radical (unpaired) electrons. The topological polar surface area (TPSA) is 48.5 Å². The summed E-state index contributed by atoms with van der Waals surface area (Å²) >= 11 is 0. The fraction of sp³-hybridized carbons (Fsp3) is 0. The molecule has 0 aliphatic heterocycles. The number of nitrogens with zero attached hydrogens (tertiary/aromatic N) is 5. The predicted octanol–water partition coefficient (Wildman–Crippen LogP) is 14.1. The summed E-state index contributed by atoms with van der Waals surface area (Å²) in [5, 5.41) is 9.92. The van der Waals surface area contributed by atoms with Crippen LogP contribution in [0.5, 0.6) is 0 Å². The molecule has 5 nitrogen and oxygen atoms in total. The maximum atomic E-state index is 5.51. The molecule has 0 amide bonds. The van der Waals surface area contributed by atoms with E-state index in [2.05, 4.69) is 294 Å². The van der Waals surface area contributed by atoms with E-state index < -0.39 is 8.07 Å². The van der Waals surface area contributed by atoms with E-state index in [4.69, 9.17) is 15.0 Å². The Labute approximate surface area is 436 Å². The average Bonchev–Trinajstić information content (AvgIpc) is 4.01. The summed E-state index contributed by atoms with van der Waals surface area (Å²) in [5.74, 6) is 1.72. The van der Waals surface area contributed by atoms with Gasteiger partial charge in [-0.1, -0.05) is 231 Å². The van der Waals surface area contributed by atoms with Crippen molar-refractivity contribution in [2.45, 2.75) is 0 Å². The minimum atomic E-state index is -2.79. The van der Waals surface area contributed by atoms with Crippen LogP contribution in [0.3, 0.4) is 0 Å². The van der Waals surface area contributed by atoms with E-state index in [-0.39, 0.29) is 0 Å². The SMILES string of the molecule is c1ccc(-c2cc(-c3ccccc3)cc(-c3nc(-c4ccc([Si](c5ccccc5)(c5ccccc5)c5ccccc5)cc4)nc(-n4c5ccccc5c5cc(-n6c7ccccc7c7ccccc76)ccc54)n3)c2)cc1. The van der Waals surface area contributed by atoms with Crippen LogP contribution in [0.25, 0.3) is 100 Å². The molecule has 352 valence electrons. The fourth-order valence-corrected chi connectivity index (χ4v) is 16.3. The van der Waals surface area contributed by atoms with Crippen LogP contribution in [0.4, 0.5) is 0 Å². The molecule has 14 aromatic rings. The number of hydrogen-bond donors (Lipinski definition) is 0. The van der Waals surface area contributed by atoms with Crippen molar-refractivity contribution in [2.24, 2.45) is 0 Å². The van der Waals surface area contributed by atoms with Crippen molar-refractivity contribution >= 4 is 72.4 Å². The lowest BCUT2D eigenvalue weighted by Gasteiger charge is -2.34. The third-order valence-corrected chi connectivity index (χ3v) is 19.7. The summed E-state index contributed by atoms with van der Waals surface area (Å²) in [6, 6.07) is 103. The molecule has 75 heavy (non-hydrogen) atoms. The van der Waals surface area contributed by atoms with Gasteiger partial charge >= 0.3 is 0 Å². The van der Waals surface area contributed by atoms with E-state index in [1.165, 1.54) is 42.6 Å². The Hall–Kier alpha value is -9.75. The molecule has 3 aromatic heterocycles. The molecule has 0 aliphatic carbocycles. The predicted molar refractivity (Wildman–Crippen MR) is 314 cm³/mol. The fourth-order valence-electron chi connectivity index (χ4n) is 11.5. The highest BCUT2D eigenvalue weighted by atomic mass is 28.3. The van der Waals surface area contributed by atoms with Crippen LogP contribution in [0, 0.1) is 0 Å². The van der Waals surface area contributed by atoms with Gasteiger partial charge in [-0.2, -0.15) is 9.97 Å². The van der Waals surface area contributed by atoms with Crippen molar-refractivity contribution in [3.8, 4) is 56.7 Å². The molecule has 0 atom stereocenters. The van der Waals surface area contributed by atoms with Crippen LogP contribution in [-0.2, 0) is 0 Å². The normalized spacial score (nSPS) is 11.7. The summed E-state index contributed by atoms with van der Waals surface area (Å²) in [7, 11) is -2.79. The first-order chi connectivity index (χ1) is 37.2. The Morgan fingerprint density at radius 1 is 0.240 bits per heavy atom. The van der Waals surface area contributed by atoms with Crippen molar-refractivity contribution in [3.05, 3.63) is 285 Å². The van der Waals surface area contributed by atoms with E-state index in [1.807, 2.05) is 0 Å². The van der Waals surface area contributed by atoms with Crippen LogP contribution in [0.1, 0.15) is 0 Å². The molecule has 0 unspecified atom stereocenters. The first-order valence-electron chi connectivity index (χ1n) is 25.5. The average molecular weight is 974 g/mol. The maximum Gasteiger partial charge on any atom is 0.238 e. The summed E-state index contributed by atoms with van der Waals surface area (Å²) in [4.78, 5) is 16.5. The summed E-state index contributed by atoms with van der Waals surface area (Å²) in [5.41, 5.74) is 11.6. The Morgan fingerprint density at radius 3 is 1.11 bits per heavy atom. The molecule has 0 fully saturated rings. The second-order valence-corrected chi connectivity index (χ2v) is 23.0. The van der Waals surface area contributed by atoms with Crippen LogP contribution >= 0.6 is 0 Å². The van der Waals surface area contributed by atoms with Gasteiger partial charge in [-0.05, 0) is 97.6 Å². The Morgan fingerprint density at radius 2 is 0.613 bits per heavy atom. The molecular formula is C69H47N5Si. The monoisotopic (exact) mass is 973 g/mol. The van der Waals surface area contributed by atoms with E-state index in [0.717, 1.165) is 60.9 Å². The molecule has 0 spiro atoms. The molecule has 14 rings (SSSR count). The van der Waals surface area contributed by atoms with E-state index >= 15 is 0 Å². The van der Waals surface area contributed by atoms with Crippen molar-refractivity contribution in [2.75, 3.05) is 0 Å². The standard InChI is InChI=1S/C69H47N5Si/c1-6-22-48(23-7-1)51-44-52(49-24-8-2-9-25-49)46-53(45-51)68-70-67(50-38-41-58(42-39-50)75(55-26-10-3-11-27-55,56-28-12-4-13-29-56)57-30-14-5-15-31-57)71-69(72-68)74-65-37-21-18-34-61(65)62-47-54(40-43-66(62)74)73-63-35-19-16-32-59(63)60-33-17-20-36-64(60)73/h1-47H. The second-order valence-electron chi connectivity index (χ2n) is 19.2. The first-order valence-corrected chi connectivity index (χ1v) is 27.5. The molecular weight excluding hydrogens is 927 g/mol. The van der Waals surface area contributed by atoms with E-state index in [9.17, 15) is 0 Å². The lowest BCUT2D eigenvalue weighted by molar-refractivity contribution is 0.953.